The molecule has 4 heteroatoms. The summed E-state index contributed by atoms with van der Waals surface area (Å²) in [6, 6.07) is 0. The first kappa shape index (κ1) is 17.2. The van der Waals surface area contributed by atoms with Gasteiger partial charge in [0.05, 0.1) is 6.61 Å². The first-order chi connectivity index (χ1) is 10.1. The van der Waals surface area contributed by atoms with Crippen LogP contribution in [-0.2, 0) is 9.47 Å². The average molecular weight is 298 g/mol. The van der Waals surface area contributed by atoms with Gasteiger partial charge < -0.3 is 14.8 Å². The lowest BCUT2D eigenvalue weighted by atomic mass is 9.78. The van der Waals surface area contributed by atoms with Crippen LogP contribution in [0.1, 0.15) is 52.4 Å². The Morgan fingerprint density at radius 2 is 1.81 bits per heavy atom. The lowest BCUT2D eigenvalue weighted by Crippen LogP contribution is -2.68. The molecule has 1 heterocycles. The zero-order chi connectivity index (χ0) is 15.2. The molecule has 0 aromatic heterocycles. The molecule has 0 amide bonds. The second-order valence-electron chi connectivity index (χ2n) is 7.39. The third-order valence-corrected chi connectivity index (χ3v) is 5.20. The smallest absolute Gasteiger partial charge is 0.0593 e. The fraction of sp³-hybridized carbons (Fsp3) is 1.00. The van der Waals surface area contributed by atoms with Crippen LogP contribution in [0.15, 0.2) is 0 Å². The van der Waals surface area contributed by atoms with Crippen LogP contribution in [0.25, 0.3) is 0 Å². The second-order valence-corrected chi connectivity index (χ2v) is 7.39. The van der Waals surface area contributed by atoms with E-state index in [2.05, 4.69) is 24.1 Å². The van der Waals surface area contributed by atoms with Crippen molar-refractivity contribution in [1.29, 1.82) is 0 Å². The van der Waals surface area contributed by atoms with Crippen molar-refractivity contribution in [2.45, 2.75) is 63.5 Å². The van der Waals surface area contributed by atoms with E-state index in [9.17, 15) is 0 Å². The van der Waals surface area contributed by atoms with Crippen LogP contribution in [-0.4, -0.2) is 62.5 Å². The first-order valence-electron chi connectivity index (χ1n) is 8.65. The Morgan fingerprint density at radius 3 is 2.52 bits per heavy atom. The standard InChI is InChI=1S/C17H34N2O2/c1-16(2)14-18-17(8-5-4-6-9-17)15-19(16)10-13-21-12-7-11-20-3/h18H,4-15H2,1-3H3. The van der Waals surface area contributed by atoms with Gasteiger partial charge in [0.2, 0.25) is 0 Å². The van der Waals surface area contributed by atoms with E-state index in [1.807, 2.05) is 0 Å². The van der Waals surface area contributed by atoms with Crippen molar-refractivity contribution in [3.05, 3.63) is 0 Å². The van der Waals surface area contributed by atoms with E-state index in [0.29, 0.717) is 5.54 Å². The molecule has 0 unspecified atom stereocenters. The lowest BCUT2D eigenvalue weighted by molar-refractivity contribution is -0.0108. The summed E-state index contributed by atoms with van der Waals surface area (Å²) in [7, 11) is 1.74. The molecule has 0 aromatic rings. The van der Waals surface area contributed by atoms with Gasteiger partial charge in [-0.25, -0.2) is 0 Å². The minimum Gasteiger partial charge on any atom is -0.385 e. The van der Waals surface area contributed by atoms with Crippen LogP contribution in [0, 0.1) is 0 Å². The van der Waals surface area contributed by atoms with Gasteiger partial charge in [-0.3, -0.25) is 4.90 Å². The maximum atomic E-state index is 5.77. The number of ether oxygens (including phenoxy) is 2. The molecule has 1 aliphatic heterocycles. The van der Waals surface area contributed by atoms with Crippen LogP contribution >= 0.6 is 0 Å². The molecule has 2 fully saturated rings. The Bertz CT molecular complexity index is 301. The van der Waals surface area contributed by atoms with E-state index in [0.717, 1.165) is 39.3 Å². The fourth-order valence-electron chi connectivity index (χ4n) is 3.68. The molecule has 1 saturated heterocycles. The van der Waals surface area contributed by atoms with Crippen molar-refractivity contribution in [2.75, 3.05) is 46.6 Å². The normalized spacial score (nSPS) is 25.3. The largest absolute Gasteiger partial charge is 0.385 e. The molecule has 0 radical (unpaired) electrons. The summed E-state index contributed by atoms with van der Waals surface area (Å²) in [4.78, 5) is 2.64. The molecule has 124 valence electrons. The van der Waals surface area contributed by atoms with Gasteiger partial charge in [0.15, 0.2) is 0 Å². The predicted molar refractivity (Wildman–Crippen MR) is 86.8 cm³/mol. The highest BCUT2D eigenvalue weighted by molar-refractivity contribution is 5.02. The summed E-state index contributed by atoms with van der Waals surface area (Å²) in [6.07, 6.45) is 7.85. The summed E-state index contributed by atoms with van der Waals surface area (Å²) in [6.45, 7) is 10.5. The highest BCUT2D eigenvalue weighted by Crippen LogP contribution is 2.34. The molecule has 2 aliphatic rings. The summed E-state index contributed by atoms with van der Waals surface area (Å²) >= 11 is 0. The van der Waals surface area contributed by atoms with Gasteiger partial charge in [-0.2, -0.15) is 0 Å². The molecular formula is C17H34N2O2. The molecule has 2 rings (SSSR count). The number of nitrogens with one attached hydrogen (secondary N) is 1. The van der Waals surface area contributed by atoms with Crippen LogP contribution in [0.2, 0.25) is 0 Å². The maximum Gasteiger partial charge on any atom is 0.0593 e. The molecule has 1 saturated carbocycles. The molecular weight excluding hydrogens is 264 g/mol. The lowest BCUT2D eigenvalue weighted by Gasteiger charge is -2.53. The van der Waals surface area contributed by atoms with E-state index in [-0.39, 0.29) is 5.54 Å². The number of hydrogen-bond donors (Lipinski definition) is 1. The second kappa shape index (κ2) is 7.91. The van der Waals surface area contributed by atoms with E-state index in [1.54, 1.807) is 7.11 Å². The summed E-state index contributed by atoms with van der Waals surface area (Å²) in [5, 5.41) is 3.87. The third-order valence-electron chi connectivity index (χ3n) is 5.20. The monoisotopic (exact) mass is 298 g/mol. The van der Waals surface area contributed by atoms with Gasteiger partial charge in [0, 0.05) is 51.0 Å². The van der Waals surface area contributed by atoms with Gasteiger partial charge in [0.1, 0.15) is 0 Å². The number of hydrogen-bond acceptors (Lipinski definition) is 4. The number of piperazine rings is 1. The Labute approximate surface area is 130 Å². The maximum absolute atomic E-state index is 5.77. The van der Waals surface area contributed by atoms with Crippen LogP contribution in [0.4, 0.5) is 0 Å². The molecule has 1 aliphatic carbocycles. The van der Waals surface area contributed by atoms with E-state index < -0.39 is 0 Å². The Kier molecular flexibility index (Phi) is 6.48. The van der Waals surface area contributed by atoms with Gasteiger partial charge in [-0.1, -0.05) is 19.3 Å². The predicted octanol–water partition coefficient (Wildman–Crippen LogP) is 2.43. The van der Waals surface area contributed by atoms with E-state index in [1.165, 1.54) is 38.6 Å². The average Bonchev–Trinajstić information content (AvgIpc) is 2.48. The topological polar surface area (TPSA) is 33.7 Å². The quantitative estimate of drug-likeness (QED) is 0.732. The zero-order valence-corrected chi connectivity index (χ0v) is 14.2. The highest BCUT2D eigenvalue weighted by atomic mass is 16.5. The van der Waals surface area contributed by atoms with E-state index >= 15 is 0 Å². The molecule has 1 spiro atoms. The van der Waals surface area contributed by atoms with Crippen molar-refractivity contribution >= 4 is 0 Å². The van der Waals surface area contributed by atoms with Crippen molar-refractivity contribution in [1.82, 2.24) is 10.2 Å². The molecule has 0 bridgehead atoms. The van der Waals surface area contributed by atoms with Gasteiger partial charge in [-0.15, -0.1) is 0 Å². The van der Waals surface area contributed by atoms with Gasteiger partial charge in [0.25, 0.3) is 0 Å². The Balaban J connectivity index is 1.77. The number of methoxy groups -OCH3 is 1. The van der Waals surface area contributed by atoms with Gasteiger partial charge in [-0.05, 0) is 33.1 Å². The summed E-state index contributed by atoms with van der Waals surface area (Å²) in [5.41, 5.74) is 0.613. The zero-order valence-electron chi connectivity index (χ0n) is 14.2. The SMILES string of the molecule is COCCCOCCN1CC2(CCCCC2)NCC1(C)C. The van der Waals surface area contributed by atoms with Crippen molar-refractivity contribution in [3.63, 3.8) is 0 Å². The van der Waals surface area contributed by atoms with Gasteiger partial charge >= 0.3 is 0 Å². The molecule has 4 nitrogen and oxygen atoms in total. The Hall–Kier alpha value is -0.160. The number of rotatable bonds is 7. The molecule has 21 heavy (non-hydrogen) atoms. The minimum absolute atomic E-state index is 0.235. The first-order valence-corrected chi connectivity index (χ1v) is 8.65. The van der Waals surface area contributed by atoms with Crippen LogP contribution in [0.3, 0.4) is 0 Å². The van der Waals surface area contributed by atoms with Crippen molar-refractivity contribution in [2.24, 2.45) is 0 Å². The van der Waals surface area contributed by atoms with Crippen LogP contribution < -0.4 is 5.32 Å². The minimum atomic E-state index is 0.235. The summed E-state index contributed by atoms with van der Waals surface area (Å²) < 4.78 is 10.8. The summed E-state index contributed by atoms with van der Waals surface area (Å²) in [5.74, 6) is 0. The van der Waals surface area contributed by atoms with Crippen molar-refractivity contribution < 1.29 is 9.47 Å². The third kappa shape index (κ3) is 4.92. The molecule has 0 aromatic carbocycles. The van der Waals surface area contributed by atoms with Crippen LogP contribution in [0.5, 0.6) is 0 Å². The highest BCUT2D eigenvalue weighted by Gasteiger charge is 2.42. The fourth-order valence-corrected chi connectivity index (χ4v) is 3.68. The molecule has 1 N–H and O–H groups in total. The number of nitrogens with zero attached hydrogens (tertiary/aromatic N) is 1. The van der Waals surface area contributed by atoms with Crippen molar-refractivity contribution in [3.8, 4) is 0 Å². The van der Waals surface area contributed by atoms with E-state index in [4.69, 9.17) is 9.47 Å². The Morgan fingerprint density at radius 1 is 1.05 bits per heavy atom. The molecule has 0 atom stereocenters.